The molecule has 140 valence electrons. The van der Waals surface area contributed by atoms with Crippen molar-refractivity contribution in [3.63, 3.8) is 0 Å². The lowest BCUT2D eigenvalue weighted by Gasteiger charge is -2.37. The molecule has 0 aliphatic heterocycles. The van der Waals surface area contributed by atoms with Crippen molar-refractivity contribution in [2.45, 2.75) is 62.6 Å². The Morgan fingerprint density at radius 3 is 2.29 bits per heavy atom. The van der Waals surface area contributed by atoms with Gasteiger partial charge in [-0.1, -0.05) is 12.2 Å². The molecule has 1 aliphatic rings. The number of allylic oxidation sites excluding steroid dienone is 1. The van der Waals surface area contributed by atoms with Crippen LogP contribution in [0.4, 0.5) is 0 Å². The predicted molar refractivity (Wildman–Crippen MR) is 87.4 cm³/mol. The Morgan fingerprint density at radius 2 is 1.83 bits per heavy atom. The molecule has 5 N–H and O–H groups in total. The van der Waals surface area contributed by atoms with Crippen LogP contribution >= 0.6 is 0 Å². The molecule has 1 unspecified atom stereocenters. The third-order valence-corrected chi connectivity index (χ3v) is 4.94. The number of nitrogens with zero attached hydrogens (tertiary/aromatic N) is 1. The van der Waals surface area contributed by atoms with Crippen LogP contribution in [0.5, 0.6) is 0 Å². The first-order chi connectivity index (χ1) is 11.0. The highest BCUT2D eigenvalue weighted by Gasteiger charge is 2.48. The summed E-state index contributed by atoms with van der Waals surface area (Å²) in [7, 11) is -2.09. The average Bonchev–Trinajstić information content (AvgIpc) is 2.49. The molecule has 0 aromatic rings. The predicted octanol–water partition coefficient (Wildman–Crippen LogP) is -1.14. The fourth-order valence-electron chi connectivity index (χ4n) is 2.79. The van der Waals surface area contributed by atoms with E-state index in [0.717, 1.165) is 0 Å². The highest BCUT2D eigenvalue weighted by Crippen LogP contribution is 2.30. The fourth-order valence-corrected chi connectivity index (χ4v) is 3.83. The lowest BCUT2D eigenvalue weighted by Crippen LogP contribution is -2.55. The minimum Gasteiger partial charge on any atom is -0.405 e. The van der Waals surface area contributed by atoms with Crippen LogP contribution in [0.2, 0.25) is 19.6 Å². The Kier molecular flexibility index (Phi) is 7.47. The van der Waals surface area contributed by atoms with E-state index in [0.29, 0.717) is 0 Å². The van der Waals surface area contributed by atoms with Crippen LogP contribution in [0, 0.1) is 16.0 Å². The maximum atomic E-state index is 11.5. The summed E-state index contributed by atoms with van der Waals surface area (Å²) in [6, 6.07) is -1.29. The van der Waals surface area contributed by atoms with Crippen LogP contribution in [0.3, 0.4) is 0 Å². The quantitative estimate of drug-likeness (QED) is 0.157. The van der Waals surface area contributed by atoms with Crippen LogP contribution in [-0.4, -0.2) is 81.9 Å². The van der Waals surface area contributed by atoms with Crippen LogP contribution in [0.15, 0.2) is 12.2 Å². The van der Waals surface area contributed by atoms with Gasteiger partial charge in [0.25, 0.3) is 0 Å². The molecule has 7 atom stereocenters. The molecule has 0 saturated heterocycles. The average molecular weight is 365 g/mol. The molecule has 0 heterocycles. The van der Waals surface area contributed by atoms with Gasteiger partial charge in [0.1, 0.15) is 24.4 Å². The standard InChI is InChI=1S/C14H27NO8Si/c1-24(2,3)23-10-6-4-5-8(11(10)15(21)22)12(18)14(20)13(19)9(17)7-16/h4,6,8-14,16-20H,5,7H2,1-3H3/t8-,9+,10+,11+,12?,13+,14+/m0/s1. The van der Waals surface area contributed by atoms with E-state index in [9.17, 15) is 30.5 Å². The molecule has 0 saturated carbocycles. The Balaban J connectivity index is 2.99. The molecule has 0 spiro atoms. The zero-order chi connectivity index (χ0) is 18.7. The van der Waals surface area contributed by atoms with Gasteiger partial charge in [0.05, 0.1) is 18.6 Å². The maximum Gasteiger partial charge on any atom is 0.246 e. The van der Waals surface area contributed by atoms with E-state index in [1.165, 1.54) is 0 Å². The molecule has 10 heteroatoms. The van der Waals surface area contributed by atoms with E-state index in [1.54, 1.807) is 12.2 Å². The molecule has 1 aliphatic carbocycles. The van der Waals surface area contributed by atoms with E-state index < -0.39 is 62.3 Å². The van der Waals surface area contributed by atoms with Gasteiger partial charge in [0.2, 0.25) is 6.04 Å². The molecule has 0 amide bonds. The molecule has 1 rings (SSSR count). The Morgan fingerprint density at radius 1 is 1.25 bits per heavy atom. The largest absolute Gasteiger partial charge is 0.405 e. The van der Waals surface area contributed by atoms with E-state index in [4.69, 9.17) is 9.53 Å². The smallest absolute Gasteiger partial charge is 0.246 e. The Bertz CT molecular complexity index is 455. The summed E-state index contributed by atoms with van der Waals surface area (Å²) in [5.41, 5.74) is 0. The van der Waals surface area contributed by atoms with Crippen molar-refractivity contribution >= 4 is 8.32 Å². The Labute approximate surface area is 141 Å². The summed E-state index contributed by atoms with van der Waals surface area (Å²) in [4.78, 5) is 11.0. The summed E-state index contributed by atoms with van der Waals surface area (Å²) in [6.45, 7) is 4.84. The van der Waals surface area contributed by atoms with E-state index in [2.05, 4.69) is 0 Å². The number of nitro groups is 1. The van der Waals surface area contributed by atoms with Gasteiger partial charge in [-0.25, -0.2) is 0 Å². The van der Waals surface area contributed by atoms with Gasteiger partial charge in [-0.2, -0.15) is 0 Å². The first-order valence-corrected chi connectivity index (χ1v) is 11.2. The van der Waals surface area contributed by atoms with Gasteiger partial charge >= 0.3 is 0 Å². The van der Waals surface area contributed by atoms with Crippen LogP contribution < -0.4 is 0 Å². The van der Waals surface area contributed by atoms with Crippen molar-refractivity contribution < 1.29 is 34.9 Å². The molecule has 9 nitrogen and oxygen atoms in total. The first-order valence-electron chi connectivity index (χ1n) is 7.80. The lowest BCUT2D eigenvalue weighted by atomic mass is 9.80. The van der Waals surface area contributed by atoms with Crippen molar-refractivity contribution in [1.29, 1.82) is 0 Å². The third-order valence-electron chi connectivity index (χ3n) is 3.96. The van der Waals surface area contributed by atoms with Gasteiger partial charge in [0, 0.05) is 4.92 Å². The van der Waals surface area contributed by atoms with Gasteiger partial charge in [-0.3, -0.25) is 10.1 Å². The normalized spacial score (nSPS) is 29.8. The third kappa shape index (κ3) is 5.31. The second-order valence-electron chi connectivity index (χ2n) is 7.02. The molecular weight excluding hydrogens is 338 g/mol. The van der Waals surface area contributed by atoms with Crippen molar-refractivity contribution in [2.24, 2.45) is 5.92 Å². The van der Waals surface area contributed by atoms with Crippen LogP contribution in [-0.2, 0) is 4.43 Å². The molecular formula is C14H27NO8Si. The number of rotatable bonds is 8. The van der Waals surface area contributed by atoms with Gasteiger partial charge in [-0.05, 0) is 26.1 Å². The van der Waals surface area contributed by atoms with Crippen molar-refractivity contribution in [3.8, 4) is 0 Å². The summed E-state index contributed by atoms with van der Waals surface area (Å²) in [6.07, 6.45) is -4.46. The second kappa shape index (κ2) is 8.47. The molecule has 0 radical (unpaired) electrons. The second-order valence-corrected chi connectivity index (χ2v) is 11.5. The van der Waals surface area contributed by atoms with Crippen molar-refractivity contribution in [2.75, 3.05) is 6.61 Å². The molecule has 0 aromatic heterocycles. The van der Waals surface area contributed by atoms with E-state index in [1.807, 2.05) is 19.6 Å². The number of hydrogen-bond acceptors (Lipinski definition) is 8. The number of aliphatic hydroxyl groups is 5. The first kappa shape index (κ1) is 21.2. The molecule has 0 aromatic carbocycles. The Hall–Kier alpha value is -0.883. The van der Waals surface area contributed by atoms with Gasteiger partial charge < -0.3 is 30.0 Å². The van der Waals surface area contributed by atoms with Gasteiger partial charge in [0.15, 0.2) is 8.32 Å². The lowest BCUT2D eigenvalue weighted by molar-refractivity contribution is -0.544. The summed E-state index contributed by atoms with van der Waals surface area (Å²) in [5, 5.41) is 59.8. The molecule has 0 fully saturated rings. The van der Waals surface area contributed by atoms with Crippen LogP contribution in [0.1, 0.15) is 6.42 Å². The number of hydrogen-bond donors (Lipinski definition) is 5. The SMILES string of the molecule is C[Si](C)(C)O[C@@H]1C=CC[C@H](C(O)[C@@H](O)[C@H](O)[C@H](O)CO)[C@H]1[N+](=O)[O-]. The van der Waals surface area contributed by atoms with E-state index >= 15 is 0 Å². The highest BCUT2D eigenvalue weighted by molar-refractivity contribution is 6.69. The highest BCUT2D eigenvalue weighted by atomic mass is 28.4. The monoisotopic (exact) mass is 365 g/mol. The maximum absolute atomic E-state index is 11.5. The molecule has 24 heavy (non-hydrogen) atoms. The van der Waals surface area contributed by atoms with Crippen molar-refractivity contribution in [3.05, 3.63) is 22.3 Å². The van der Waals surface area contributed by atoms with Crippen LogP contribution in [0.25, 0.3) is 0 Å². The zero-order valence-corrected chi connectivity index (χ0v) is 15.0. The number of aliphatic hydroxyl groups excluding tert-OH is 5. The van der Waals surface area contributed by atoms with E-state index in [-0.39, 0.29) is 6.42 Å². The van der Waals surface area contributed by atoms with Gasteiger partial charge in [-0.15, -0.1) is 0 Å². The minimum absolute atomic E-state index is 0.122. The summed E-state index contributed by atoms with van der Waals surface area (Å²) < 4.78 is 5.81. The molecule has 0 bridgehead atoms. The zero-order valence-electron chi connectivity index (χ0n) is 14.0. The minimum atomic E-state index is -2.09. The topological polar surface area (TPSA) is 154 Å². The summed E-state index contributed by atoms with van der Waals surface area (Å²) >= 11 is 0. The fraction of sp³-hybridized carbons (Fsp3) is 0.857. The van der Waals surface area contributed by atoms with Crippen molar-refractivity contribution in [1.82, 2.24) is 0 Å². The summed E-state index contributed by atoms with van der Waals surface area (Å²) in [5.74, 6) is -0.998.